The summed E-state index contributed by atoms with van der Waals surface area (Å²) in [7, 11) is 0. The number of carbonyl (C=O) groups is 1. The van der Waals surface area contributed by atoms with Crippen molar-refractivity contribution < 1.29 is 9.53 Å². The van der Waals surface area contributed by atoms with E-state index in [4.69, 9.17) is 51.1 Å². The Morgan fingerprint density at radius 1 is 1.10 bits per heavy atom. The molecule has 162 valence electrons. The number of nitrogens with zero attached hydrogens (tertiary/aromatic N) is 2. The molecule has 2 aromatic heterocycles. The van der Waals surface area contributed by atoms with Crippen LogP contribution in [0.4, 0.5) is 0 Å². The smallest absolute Gasteiger partial charge is 0.264 e. The van der Waals surface area contributed by atoms with Gasteiger partial charge in [0.2, 0.25) is 5.88 Å². The summed E-state index contributed by atoms with van der Waals surface area (Å²) < 4.78 is 6.70. The Morgan fingerprint density at radius 2 is 1.90 bits per heavy atom. The first-order valence-corrected chi connectivity index (χ1v) is 11.9. The van der Waals surface area contributed by atoms with E-state index in [0.717, 1.165) is 5.56 Å². The number of amides is 1. The number of ether oxygens (including phenoxy) is 1. The van der Waals surface area contributed by atoms with E-state index < -0.39 is 0 Å². The number of aromatic nitrogens is 1. The lowest BCUT2D eigenvalue weighted by Crippen LogP contribution is -2.32. The summed E-state index contributed by atoms with van der Waals surface area (Å²) in [6, 6.07) is 12.6. The zero-order valence-electron chi connectivity index (χ0n) is 16.4. The third-order valence-electron chi connectivity index (χ3n) is 5.42. The highest BCUT2D eigenvalue weighted by molar-refractivity contribution is 7.17. The molecule has 0 spiro atoms. The average Bonchev–Trinajstić information content (AvgIpc) is 3.38. The molecule has 1 saturated heterocycles. The summed E-state index contributed by atoms with van der Waals surface area (Å²) in [6.45, 7) is 3.06. The minimum Gasteiger partial charge on any atom is -0.474 e. The maximum atomic E-state index is 13.1. The maximum Gasteiger partial charge on any atom is 0.264 e. The van der Waals surface area contributed by atoms with Crippen LogP contribution in [0.2, 0.25) is 19.4 Å². The highest BCUT2D eigenvalue weighted by Crippen LogP contribution is 2.39. The minimum absolute atomic E-state index is 0.0223. The fraction of sp³-hybridized carbons (Fsp3) is 0.273. The third kappa shape index (κ3) is 5.12. The maximum absolute atomic E-state index is 13.1. The molecule has 1 aliphatic heterocycles. The van der Waals surface area contributed by atoms with Crippen molar-refractivity contribution in [3.8, 4) is 5.88 Å². The van der Waals surface area contributed by atoms with Crippen molar-refractivity contribution >= 4 is 63.6 Å². The van der Waals surface area contributed by atoms with Crippen LogP contribution in [0.25, 0.3) is 0 Å². The Labute approximate surface area is 204 Å². The van der Waals surface area contributed by atoms with Crippen molar-refractivity contribution in [3.63, 3.8) is 0 Å². The van der Waals surface area contributed by atoms with Gasteiger partial charge in [-0.3, -0.25) is 4.79 Å². The molecule has 1 fully saturated rings. The summed E-state index contributed by atoms with van der Waals surface area (Å²) in [4.78, 5) is 19.8. The molecule has 1 amide bonds. The SMILES string of the molecule is C[C@@H](Oc1ccc(Cl)cn1)C1CN(C(=O)c2ccc(Cl)s2)C[C@H]1c1ccc(Cl)c(Cl)c1. The number of carbonyl (C=O) groups excluding carboxylic acids is 1. The Balaban J connectivity index is 1.60. The van der Waals surface area contributed by atoms with Crippen molar-refractivity contribution in [1.29, 1.82) is 0 Å². The summed E-state index contributed by atoms with van der Waals surface area (Å²) in [5, 5.41) is 1.53. The van der Waals surface area contributed by atoms with Crippen molar-refractivity contribution in [1.82, 2.24) is 9.88 Å². The molecule has 3 atom stereocenters. The van der Waals surface area contributed by atoms with Crippen molar-refractivity contribution in [3.05, 3.63) is 78.5 Å². The summed E-state index contributed by atoms with van der Waals surface area (Å²) >= 11 is 25.6. The summed E-state index contributed by atoms with van der Waals surface area (Å²) in [5.41, 5.74) is 1.01. The van der Waals surface area contributed by atoms with E-state index >= 15 is 0 Å². The van der Waals surface area contributed by atoms with Crippen LogP contribution in [-0.2, 0) is 0 Å². The lowest BCUT2D eigenvalue weighted by Gasteiger charge is -2.25. The lowest BCUT2D eigenvalue weighted by atomic mass is 9.86. The van der Waals surface area contributed by atoms with Gasteiger partial charge in [0.25, 0.3) is 5.91 Å². The number of hydrogen-bond donors (Lipinski definition) is 0. The average molecular weight is 516 g/mol. The van der Waals surface area contributed by atoms with E-state index in [1.54, 1.807) is 36.5 Å². The summed E-state index contributed by atoms with van der Waals surface area (Å²) in [6.07, 6.45) is 1.34. The normalized spacial score (nSPS) is 19.5. The number of rotatable bonds is 5. The molecule has 1 aliphatic rings. The lowest BCUT2D eigenvalue weighted by molar-refractivity contribution is 0.0774. The highest BCUT2D eigenvalue weighted by atomic mass is 35.5. The number of hydrogen-bond acceptors (Lipinski definition) is 4. The van der Waals surface area contributed by atoms with Crippen LogP contribution >= 0.6 is 57.7 Å². The number of pyridine rings is 1. The molecule has 0 aliphatic carbocycles. The van der Waals surface area contributed by atoms with Crippen LogP contribution in [0, 0.1) is 5.92 Å². The second kappa shape index (κ2) is 9.55. The van der Waals surface area contributed by atoms with Gasteiger partial charge in [0.05, 0.1) is 24.3 Å². The van der Waals surface area contributed by atoms with Crippen LogP contribution in [0.5, 0.6) is 5.88 Å². The first kappa shape index (κ1) is 22.7. The first-order valence-electron chi connectivity index (χ1n) is 9.59. The first-order chi connectivity index (χ1) is 14.8. The Hall–Kier alpha value is -1.50. The summed E-state index contributed by atoms with van der Waals surface area (Å²) in [5.74, 6) is 0.492. The molecule has 1 unspecified atom stereocenters. The van der Waals surface area contributed by atoms with E-state index in [-0.39, 0.29) is 23.8 Å². The quantitative estimate of drug-likeness (QED) is 0.364. The zero-order chi connectivity index (χ0) is 22.1. The molecule has 3 aromatic rings. The van der Waals surface area contributed by atoms with E-state index in [9.17, 15) is 4.79 Å². The van der Waals surface area contributed by atoms with E-state index in [1.807, 2.05) is 24.0 Å². The highest BCUT2D eigenvalue weighted by Gasteiger charge is 2.40. The van der Waals surface area contributed by atoms with E-state index in [0.29, 0.717) is 43.3 Å². The fourth-order valence-electron chi connectivity index (χ4n) is 3.86. The fourth-order valence-corrected chi connectivity index (χ4v) is 5.29. The van der Waals surface area contributed by atoms with Gasteiger partial charge in [0, 0.05) is 37.2 Å². The van der Waals surface area contributed by atoms with Gasteiger partial charge in [-0.15, -0.1) is 11.3 Å². The monoisotopic (exact) mass is 514 g/mol. The van der Waals surface area contributed by atoms with Gasteiger partial charge in [-0.1, -0.05) is 52.5 Å². The predicted molar refractivity (Wildman–Crippen MR) is 127 cm³/mol. The largest absolute Gasteiger partial charge is 0.474 e. The minimum atomic E-state index is -0.210. The van der Waals surface area contributed by atoms with Crippen LogP contribution in [-0.4, -0.2) is 35.0 Å². The van der Waals surface area contributed by atoms with Crippen molar-refractivity contribution in [2.75, 3.05) is 13.1 Å². The third-order valence-corrected chi connectivity index (χ3v) is 7.60. The molecule has 0 N–H and O–H groups in total. The van der Waals surface area contributed by atoms with Gasteiger partial charge < -0.3 is 9.64 Å². The van der Waals surface area contributed by atoms with Gasteiger partial charge >= 0.3 is 0 Å². The molecule has 1 aromatic carbocycles. The van der Waals surface area contributed by atoms with Gasteiger partial charge in [0.15, 0.2) is 0 Å². The standard InChI is InChI=1S/C22H18Cl4N2O2S/c1-12(30-21-7-3-14(23)9-27-21)15-10-28(22(29)19-5-6-20(26)31-19)11-16(15)13-2-4-17(24)18(25)8-13/h2-9,12,15-16H,10-11H2,1H3/t12-,15?,16+/m1/s1. The van der Waals surface area contributed by atoms with E-state index in [2.05, 4.69) is 4.98 Å². The van der Waals surface area contributed by atoms with E-state index in [1.165, 1.54) is 11.3 Å². The second-order valence-electron chi connectivity index (χ2n) is 7.40. The Kier molecular flexibility index (Phi) is 6.99. The van der Waals surface area contributed by atoms with Crippen molar-refractivity contribution in [2.24, 2.45) is 5.92 Å². The predicted octanol–water partition coefficient (Wildman–Crippen LogP) is 7.08. The van der Waals surface area contributed by atoms with Crippen molar-refractivity contribution in [2.45, 2.75) is 18.9 Å². The van der Waals surface area contributed by atoms with Gasteiger partial charge in [-0.2, -0.15) is 0 Å². The van der Waals surface area contributed by atoms with Crippen LogP contribution in [0.3, 0.4) is 0 Å². The molecule has 9 heteroatoms. The van der Waals surface area contributed by atoms with Crippen LogP contribution in [0.15, 0.2) is 48.7 Å². The molecule has 0 saturated carbocycles. The molecule has 4 rings (SSSR count). The number of benzene rings is 1. The topological polar surface area (TPSA) is 42.4 Å². The number of thiophene rings is 1. The van der Waals surface area contributed by atoms with Gasteiger partial charge in [-0.25, -0.2) is 4.98 Å². The van der Waals surface area contributed by atoms with Crippen LogP contribution in [0.1, 0.15) is 28.1 Å². The van der Waals surface area contributed by atoms with Gasteiger partial charge in [-0.05, 0) is 42.8 Å². The molecule has 31 heavy (non-hydrogen) atoms. The van der Waals surface area contributed by atoms with Crippen LogP contribution < -0.4 is 4.74 Å². The Bertz CT molecular complexity index is 1090. The molecular formula is C22H18Cl4N2O2S. The second-order valence-corrected chi connectivity index (χ2v) is 10.4. The number of likely N-dealkylation sites (tertiary alicyclic amines) is 1. The molecule has 0 bridgehead atoms. The number of halogens is 4. The zero-order valence-corrected chi connectivity index (χ0v) is 20.2. The molecule has 3 heterocycles. The molecule has 0 radical (unpaired) electrons. The van der Waals surface area contributed by atoms with Gasteiger partial charge in [0.1, 0.15) is 6.10 Å². The molecular weight excluding hydrogens is 498 g/mol. The Morgan fingerprint density at radius 3 is 2.55 bits per heavy atom. The molecule has 4 nitrogen and oxygen atoms in total.